The Bertz CT molecular complexity index is 726. The number of thiazole rings is 1. The molecule has 4 nitrogen and oxygen atoms in total. The minimum absolute atomic E-state index is 0.794. The van der Waals surface area contributed by atoms with Crippen LogP contribution in [0.15, 0.2) is 35.8 Å². The number of hydrogen-bond acceptors (Lipinski definition) is 4. The van der Waals surface area contributed by atoms with Crippen molar-refractivity contribution >= 4 is 17.0 Å². The molecule has 108 valence electrons. The van der Waals surface area contributed by atoms with Gasteiger partial charge in [0.25, 0.3) is 0 Å². The maximum atomic E-state index is 4.44. The fourth-order valence-electron chi connectivity index (χ4n) is 2.36. The van der Waals surface area contributed by atoms with Crippen molar-refractivity contribution in [2.75, 3.05) is 5.32 Å². The zero-order chi connectivity index (χ0) is 14.8. The molecule has 0 aliphatic rings. The van der Waals surface area contributed by atoms with Gasteiger partial charge < -0.3 is 5.32 Å². The second-order valence-electron chi connectivity index (χ2n) is 5.04. The molecule has 2 aromatic heterocycles. The van der Waals surface area contributed by atoms with Crippen molar-refractivity contribution in [3.05, 3.63) is 52.8 Å². The van der Waals surface area contributed by atoms with E-state index < -0.39 is 0 Å². The third-order valence-corrected chi connectivity index (χ3v) is 4.51. The van der Waals surface area contributed by atoms with Gasteiger partial charge in [-0.3, -0.25) is 4.68 Å². The summed E-state index contributed by atoms with van der Waals surface area (Å²) in [5.74, 6) is 0. The predicted molar refractivity (Wildman–Crippen MR) is 87.6 cm³/mol. The van der Waals surface area contributed by atoms with E-state index in [2.05, 4.69) is 53.5 Å². The SMILES string of the molecule is Cc1nn(C)c(C)c1CNc1ccc(-c2nccs2)cc1. The van der Waals surface area contributed by atoms with Crippen molar-refractivity contribution in [1.82, 2.24) is 14.8 Å². The van der Waals surface area contributed by atoms with Crippen LogP contribution in [0.1, 0.15) is 17.0 Å². The van der Waals surface area contributed by atoms with Crippen molar-refractivity contribution < 1.29 is 0 Å². The molecule has 5 heteroatoms. The van der Waals surface area contributed by atoms with Gasteiger partial charge in [0.1, 0.15) is 5.01 Å². The number of aryl methyl sites for hydroxylation is 2. The van der Waals surface area contributed by atoms with Crippen molar-refractivity contribution in [2.45, 2.75) is 20.4 Å². The summed E-state index contributed by atoms with van der Waals surface area (Å²) in [5.41, 5.74) is 5.82. The van der Waals surface area contributed by atoms with Crippen LogP contribution in [0.4, 0.5) is 5.69 Å². The van der Waals surface area contributed by atoms with E-state index in [0.29, 0.717) is 0 Å². The summed E-state index contributed by atoms with van der Waals surface area (Å²) in [6.07, 6.45) is 1.83. The van der Waals surface area contributed by atoms with Gasteiger partial charge in [-0.15, -0.1) is 11.3 Å². The fourth-order valence-corrected chi connectivity index (χ4v) is 3.00. The van der Waals surface area contributed by atoms with Gasteiger partial charge in [0, 0.05) is 47.7 Å². The first-order valence-corrected chi connectivity index (χ1v) is 7.76. The molecule has 0 saturated heterocycles. The topological polar surface area (TPSA) is 42.7 Å². The van der Waals surface area contributed by atoms with E-state index in [0.717, 1.165) is 28.5 Å². The minimum Gasteiger partial charge on any atom is -0.381 e. The summed E-state index contributed by atoms with van der Waals surface area (Å²) in [6.45, 7) is 4.94. The first-order chi connectivity index (χ1) is 10.1. The van der Waals surface area contributed by atoms with Gasteiger partial charge in [-0.1, -0.05) is 0 Å². The fraction of sp³-hybridized carbons (Fsp3) is 0.250. The highest BCUT2D eigenvalue weighted by Gasteiger charge is 2.08. The summed E-state index contributed by atoms with van der Waals surface area (Å²) in [5, 5.41) is 11.0. The molecule has 0 atom stereocenters. The first kappa shape index (κ1) is 13.8. The van der Waals surface area contributed by atoms with Crippen LogP contribution in [-0.4, -0.2) is 14.8 Å². The lowest BCUT2D eigenvalue weighted by Gasteiger charge is -2.07. The Morgan fingerprint density at radius 2 is 1.95 bits per heavy atom. The molecule has 0 aliphatic carbocycles. The Labute approximate surface area is 128 Å². The number of anilines is 1. The van der Waals surface area contributed by atoms with Crippen LogP contribution in [0, 0.1) is 13.8 Å². The number of aromatic nitrogens is 3. The molecule has 1 aromatic carbocycles. The van der Waals surface area contributed by atoms with Gasteiger partial charge in [-0.25, -0.2) is 4.98 Å². The highest BCUT2D eigenvalue weighted by molar-refractivity contribution is 7.13. The molecule has 0 spiro atoms. The average Bonchev–Trinajstić information content (AvgIpc) is 3.09. The van der Waals surface area contributed by atoms with E-state index >= 15 is 0 Å². The lowest BCUT2D eigenvalue weighted by Crippen LogP contribution is -2.02. The molecule has 0 bridgehead atoms. The van der Waals surface area contributed by atoms with Crippen molar-refractivity contribution in [3.63, 3.8) is 0 Å². The van der Waals surface area contributed by atoms with Crippen LogP contribution in [-0.2, 0) is 13.6 Å². The number of nitrogens with one attached hydrogen (secondary N) is 1. The monoisotopic (exact) mass is 298 g/mol. The molecule has 2 heterocycles. The Kier molecular flexibility index (Phi) is 3.75. The largest absolute Gasteiger partial charge is 0.381 e. The Balaban J connectivity index is 1.71. The molecule has 0 radical (unpaired) electrons. The molecule has 3 aromatic rings. The van der Waals surface area contributed by atoms with E-state index in [4.69, 9.17) is 0 Å². The Morgan fingerprint density at radius 3 is 2.52 bits per heavy atom. The molecule has 0 unspecified atom stereocenters. The molecule has 1 N–H and O–H groups in total. The lowest BCUT2D eigenvalue weighted by molar-refractivity contribution is 0.730. The van der Waals surface area contributed by atoms with Crippen LogP contribution in [0.25, 0.3) is 10.6 Å². The van der Waals surface area contributed by atoms with Crippen LogP contribution < -0.4 is 5.32 Å². The highest BCUT2D eigenvalue weighted by atomic mass is 32.1. The molecular formula is C16H18N4S. The molecular weight excluding hydrogens is 280 g/mol. The third-order valence-electron chi connectivity index (χ3n) is 3.69. The van der Waals surface area contributed by atoms with Crippen molar-refractivity contribution in [3.8, 4) is 10.6 Å². The zero-order valence-corrected chi connectivity index (χ0v) is 13.2. The van der Waals surface area contributed by atoms with E-state index in [1.807, 2.05) is 23.3 Å². The van der Waals surface area contributed by atoms with Crippen molar-refractivity contribution in [2.24, 2.45) is 7.05 Å². The summed E-state index contributed by atoms with van der Waals surface area (Å²) < 4.78 is 1.93. The number of hydrogen-bond donors (Lipinski definition) is 1. The van der Waals surface area contributed by atoms with E-state index in [-0.39, 0.29) is 0 Å². The zero-order valence-electron chi connectivity index (χ0n) is 12.4. The summed E-state index contributed by atoms with van der Waals surface area (Å²) in [7, 11) is 1.98. The molecule has 0 fully saturated rings. The number of rotatable bonds is 4. The Morgan fingerprint density at radius 1 is 1.19 bits per heavy atom. The molecule has 0 saturated carbocycles. The van der Waals surface area contributed by atoms with Gasteiger partial charge in [0.2, 0.25) is 0 Å². The van der Waals surface area contributed by atoms with E-state index in [1.165, 1.54) is 11.3 Å². The second kappa shape index (κ2) is 5.69. The van der Waals surface area contributed by atoms with Crippen LogP contribution in [0.2, 0.25) is 0 Å². The molecule has 3 rings (SSSR count). The highest BCUT2D eigenvalue weighted by Crippen LogP contribution is 2.23. The van der Waals surface area contributed by atoms with Gasteiger partial charge >= 0.3 is 0 Å². The van der Waals surface area contributed by atoms with E-state index in [9.17, 15) is 0 Å². The predicted octanol–water partition coefficient (Wildman–Crippen LogP) is 3.77. The van der Waals surface area contributed by atoms with Gasteiger partial charge in [-0.2, -0.15) is 5.10 Å². The Hall–Kier alpha value is -2.14. The smallest absolute Gasteiger partial charge is 0.123 e. The van der Waals surface area contributed by atoms with Crippen LogP contribution in [0.5, 0.6) is 0 Å². The number of nitrogens with zero attached hydrogens (tertiary/aromatic N) is 3. The van der Waals surface area contributed by atoms with Crippen molar-refractivity contribution in [1.29, 1.82) is 0 Å². The average molecular weight is 298 g/mol. The molecule has 21 heavy (non-hydrogen) atoms. The van der Waals surface area contributed by atoms with Gasteiger partial charge in [0.05, 0.1) is 5.69 Å². The molecule has 0 aliphatic heterocycles. The second-order valence-corrected chi connectivity index (χ2v) is 5.94. The first-order valence-electron chi connectivity index (χ1n) is 6.88. The molecule has 0 amide bonds. The van der Waals surface area contributed by atoms with Crippen LogP contribution in [0.3, 0.4) is 0 Å². The summed E-state index contributed by atoms with van der Waals surface area (Å²) in [6, 6.07) is 8.39. The third kappa shape index (κ3) is 2.83. The minimum atomic E-state index is 0.794. The standard InChI is InChI=1S/C16H18N4S/c1-11-15(12(2)20(3)19-11)10-18-14-6-4-13(5-7-14)16-17-8-9-21-16/h4-9,18H,10H2,1-3H3. The van der Waals surface area contributed by atoms with Gasteiger partial charge in [-0.05, 0) is 38.1 Å². The van der Waals surface area contributed by atoms with E-state index in [1.54, 1.807) is 11.3 Å². The summed E-state index contributed by atoms with van der Waals surface area (Å²) >= 11 is 1.66. The van der Waals surface area contributed by atoms with Crippen LogP contribution >= 0.6 is 11.3 Å². The van der Waals surface area contributed by atoms with Gasteiger partial charge in [0.15, 0.2) is 0 Å². The normalized spacial score (nSPS) is 10.8. The summed E-state index contributed by atoms with van der Waals surface area (Å²) in [4.78, 5) is 4.32. The number of benzene rings is 1. The quantitative estimate of drug-likeness (QED) is 0.797. The lowest BCUT2D eigenvalue weighted by atomic mass is 10.2. The maximum Gasteiger partial charge on any atom is 0.123 e. The maximum absolute atomic E-state index is 4.44.